The number of sulfonamides is 1. The molecule has 0 N–H and O–H groups in total. The summed E-state index contributed by atoms with van der Waals surface area (Å²) in [6, 6.07) is 5.42. The highest BCUT2D eigenvalue weighted by Crippen LogP contribution is 2.36. The quantitative estimate of drug-likeness (QED) is 0.829. The first kappa shape index (κ1) is 12.5. The Labute approximate surface area is 101 Å². The van der Waals surface area contributed by atoms with Crippen LogP contribution in [0, 0.1) is 11.7 Å². The van der Waals surface area contributed by atoms with Crippen molar-refractivity contribution in [3.63, 3.8) is 0 Å². The van der Waals surface area contributed by atoms with Crippen molar-refractivity contribution in [3.8, 4) is 0 Å². The van der Waals surface area contributed by atoms with Crippen LogP contribution in [0.25, 0.3) is 0 Å². The molecule has 1 fully saturated rings. The normalized spacial score (nSPS) is 18.4. The molecule has 1 aromatic carbocycles. The van der Waals surface area contributed by atoms with Crippen LogP contribution in [0.2, 0.25) is 0 Å². The van der Waals surface area contributed by atoms with E-state index in [1.807, 2.05) is 6.92 Å². The molecule has 1 aliphatic rings. The van der Waals surface area contributed by atoms with Crippen LogP contribution in [0.1, 0.15) is 19.8 Å². The zero-order valence-electron chi connectivity index (χ0n) is 9.93. The molecule has 0 spiro atoms. The van der Waals surface area contributed by atoms with E-state index in [1.54, 1.807) is 0 Å². The Morgan fingerprint density at radius 1 is 1.35 bits per heavy atom. The van der Waals surface area contributed by atoms with Crippen molar-refractivity contribution < 1.29 is 12.8 Å². The van der Waals surface area contributed by atoms with Crippen LogP contribution >= 0.6 is 0 Å². The summed E-state index contributed by atoms with van der Waals surface area (Å²) < 4.78 is 39.2. The molecule has 0 saturated heterocycles. The van der Waals surface area contributed by atoms with Gasteiger partial charge in [-0.05, 0) is 37.8 Å². The first-order chi connectivity index (χ1) is 7.94. The molecule has 0 aromatic heterocycles. The summed E-state index contributed by atoms with van der Waals surface area (Å²) in [5, 5.41) is 0. The van der Waals surface area contributed by atoms with E-state index in [0.717, 1.165) is 12.8 Å². The van der Waals surface area contributed by atoms with Gasteiger partial charge in [-0.2, -0.15) is 4.31 Å². The van der Waals surface area contributed by atoms with Gasteiger partial charge in [0.05, 0.1) is 0 Å². The van der Waals surface area contributed by atoms with Crippen molar-refractivity contribution in [1.82, 2.24) is 4.31 Å². The maximum Gasteiger partial charge on any atom is 0.245 e. The lowest BCUT2D eigenvalue weighted by Crippen LogP contribution is -2.36. The molecule has 0 radical (unpaired) electrons. The highest BCUT2D eigenvalue weighted by molar-refractivity contribution is 7.89. The van der Waals surface area contributed by atoms with Gasteiger partial charge in [0.1, 0.15) is 10.7 Å². The maximum absolute atomic E-state index is 13.5. The number of rotatable bonds is 4. The Kier molecular flexibility index (Phi) is 3.23. The van der Waals surface area contributed by atoms with Gasteiger partial charge in [-0.3, -0.25) is 0 Å². The summed E-state index contributed by atoms with van der Waals surface area (Å²) in [5.41, 5.74) is 0. The lowest BCUT2D eigenvalue weighted by atomic mass is 10.2. The monoisotopic (exact) mass is 257 g/mol. The van der Waals surface area contributed by atoms with Crippen molar-refractivity contribution >= 4 is 10.0 Å². The minimum Gasteiger partial charge on any atom is -0.207 e. The summed E-state index contributed by atoms with van der Waals surface area (Å²) in [6.45, 7) is 1.87. The van der Waals surface area contributed by atoms with Crippen LogP contribution in [0.4, 0.5) is 4.39 Å². The first-order valence-electron chi connectivity index (χ1n) is 5.67. The molecular formula is C12H16FNO2S. The third-order valence-electron chi connectivity index (χ3n) is 3.37. The fourth-order valence-electron chi connectivity index (χ4n) is 1.90. The summed E-state index contributed by atoms with van der Waals surface area (Å²) in [7, 11) is -2.20. The Bertz CT molecular complexity index is 511. The zero-order valence-corrected chi connectivity index (χ0v) is 10.7. The smallest absolute Gasteiger partial charge is 0.207 e. The second-order valence-corrected chi connectivity index (χ2v) is 6.50. The second kappa shape index (κ2) is 4.38. The van der Waals surface area contributed by atoms with Gasteiger partial charge >= 0.3 is 0 Å². The molecule has 0 unspecified atom stereocenters. The molecule has 1 aromatic rings. The Balaban J connectivity index is 2.32. The SMILES string of the molecule is C[C@@H](C1CC1)N(C)S(=O)(=O)c1ccccc1F. The van der Waals surface area contributed by atoms with Gasteiger partial charge in [-0.25, -0.2) is 12.8 Å². The number of nitrogens with zero attached hydrogens (tertiary/aromatic N) is 1. The van der Waals surface area contributed by atoms with E-state index >= 15 is 0 Å². The molecule has 0 aliphatic heterocycles. The van der Waals surface area contributed by atoms with Crippen LogP contribution < -0.4 is 0 Å². The third kappa shape index (κ3) is 2.35. The van der Waals surface area contributed by atoms with Crippen LogP contribution in [-0.2, 0) is 10.0 Å². The van der Waals surface area contributed by atoms with Crippen molar-refractivity contribution in [2.45, 2.75) is 30.7 Å². The molecule has 0 bridgehead atoms. The molecule has 3 nitrogen and oxygen atoms in total. The van der Waals surface area contributed by atoms with E-state index in [9.17, 15) is 12.8 Å². The van der Waals surface area contributed by atoms with E-state index in [2.05, 4.69) is 0 Å². The largest absolute Gasteiger partial charge is 0.245 e. The summed E-state index contributed by atoms with van der Waals surface area (Å²) in [5.74, 6) is -0.274. The van der Waals surface area contributed by atoms with E-state index in [4.69, 9.17) is 0 Å². The van der Waals surface area contributed by atoms with Crippen molar-refractivity contribution in [1.29, 1.82) is 0 Å². The fourth-order valence-corrected chi connectivity index (χ4v) is 3.39. The second-order valence-electron chi connectivity index (χ2n) is 4.53. The zero-order chi connectivity index (χ0) is 12.6. The Morgan fingerprint density at radius 2 is 1.94 bits per heavy atom. The van der Waals surface area contributed by atoms with E-state index < -0.39 is 15.8 Å². The molecule has 94 valence electrons. The average Bonchev–Trinajstić information content (AvgIpc) is 3.11. The molecule has 1 saturated carbocycles. The van der Waals surface area contributed by atoms with E-state index in [1.165, 1.54) is 35.6 Å². The van der Waals surface area contributed by atoms with Gasteiger partial charge in [-0.1, -0.05) is 12.1 Å². The first-order valence-corrected chi connectivity index (χ1v) is 7.11. The molecule has 0 heterocycles. The van der Waals surface area contributed by atoms with Crippen LogP contribution in [0.5, 0.6) is 0 Å². The highest BCUT2D eigenvalue weighted by Gasteiger charge is 2.36. The Hall–Kier alpha value is -0.940. The number of hydrogen-bond donors (Lipinski definition) is 0. The van der Waals surface area contributed by atoms with Crippen LogP contribution in [0.15, 0.2) is 29.2 Å². The molecule has 1 atom stereocenters. The predicted octanol–water partition coefficient (Wildman–Crippen LogP) is 2.24. The van der Waals surface area contributed by atoms with Crippen LogP contribution in [0.3, 0.4) is 0 Å². The summed E-state index contributed by atoms with van der Waals surface area (Å²) in [6.07, 6.45) is 2.11. The average molecular weight is 257 g/mol. The maximum atomic E-state index is 13.5. The summed E-state index contributed by atoms with van der Waals surface area (Å²) >= 11 is 0. The molecular weight excluding hydrogens is 241 g/mol. The third-order valence-corrected chi connectivity index (χ3v) is 5.35. The lowest BCUT2D eigenvalue weighted by Gasteiger charge is -2.24. The van der Waals surface area contributed by atoms with Gasteiger partial charge in [0, 0.05) is 13.1 Å². The molecule has 2 rings (SSSR count). The standard InChI is InChI=1S/C12H16FNO2S/c1-9(10-7-8-10)14(2)17(15,16)12-6-4-3-5-11(12)13/h3-6,9-10H,7-8H2,1-2H3/t9-/m0/s1. The number of benzene rings is 1. The van der Waals surface area contributed by atoms with Gasteiger partial charge in [0.25, 0.3) is 0 Å². The Morgan fingerprint density at radius 3 is 2.47 bits per heavy atom. The van der Waals surface area contributed by atoms with Crippen molar-refractivity contribution in [2.75, 3.05) is 7.05 Å². The van der Waals surface area contributed by atoms with Crippen molar-refractivity contribution in [3.05, 3.63) is 30.1 Å². The summed E-state index contributed by atoms with van der Waals surface area (Å²) in [4.78, 5) is -0.241. The van der Waals surface area contributed by atoms with E-state index in [-0.39, 0.29) is 10.9 Å². The van der Waals surface area contributed by atoms with Crippen LogP contribution in [-0.4, -0.2) is 25.8 Å². The minimum atomic E-state index is -3.72. The van der Waals surface area contributed by atoms with Gasteiger partial charge < -0.3 is 0 Å². The fraction of sp³-hybridized carbons (Fsp3) is 0.500. The lowest BCUT2D eigenvalue weighted by molar-refractivity contribution is 0.355. The highest BCUT2D eigenvalue weighted by atomic mass is 32.2. The topological polar surface area (TPSA) is 37.4 Å². The predicted molar refractivity (Wildman–Crippen MR) is 63.5 cm³/mol. The minimum absolute atomic E-state index is 0.0698. The van der Waals surface area contributed by atoms with Crippen molar-refractivity contribution in [2.24, 2.45) is 5.92 Å². The van der Waals surface area contributed by atoms with Gasteiger partial charge in [0.15, 0.2) is 0 Å². The van der Waals surface area contributed by atoms with Gasteiger partial charge in [-0.15, -0.1) is 0 Å². The molecule has 5 heteroatoms. The van der Waals surface area contributed by atoms with Gasteiger partial charge in [0.2, 0.25) is 10.0 Å². The number of halogens is 1. The molecule has 0 amide bonds. The molecule has 1 aliphatic carbocycles. The van der Waals surface area contributed by atoms with E-state index in [0.29, 0.717) is 5.92 Å². The molecule has 17 heavy (non-hydrogen) atoms. The number of hydrogen-bond acceptors (Lipinski definition) is 2.